The molecule has 0 saturated heterocycles. The van der Waals surface area contributed by atoms with Crippen LogP contribution >= 0.6 is 11.6 Å². The van der Waals surface area contributed by atoms with E-state index in [4.69, 9.17) is 11.6 Å². The number of rotatable bonds is 4. The van der Waals surface area contributed by atoms with Gasteiger partial charge in [0.15, 0.2) is 0 Å². The Labute approximate surface area is 128 Å². The second kappa shape index (κ2) is 6.14. The summed E-state index contributed by atoms with van der Waals surface area (Å²) in [6, 6.07) is 9.66. The third-order valence-electron chi connectivity index (χ3n) is 3.59. The Bertz CT molecular complexity index is 645. The number of carbonyl (C=O) groups excluding carboxylic acids is 1. The number of nitrogens with one attached hydrogen (secondary N) is 1. The summed E-state index contributed by atoms with van der Waals surface area (Å²) in [5.74, 6) is 0.00618. The van der Waals surface area contributed by atoms with E-state index >= 15 is 0 Å². The molecule has 1 aromatic heterocycles. The van der Waals surface area contributed by atoms with Crippen LogP contribution in [0.4, 0.5) is 5.69 Å². The van der Waals surface area contributed by atoms with Crippen molar-refractivity contribution in [3.05, 3.63) is 58.9 Å². The van der Waals surface area contributed by atoms with E-state index in [1.165, 1.54) is 5.56 Å². The molecule has 21 heavy (non-hydrogen) atoms. The number of aromatic nitrogens is 1. The summed E-state index contributed by atoms with van der Waals surface area (Å²) in [6.07, 6.45) is 4.43. The van der Waals surface area contributed by atoms with E-state index in [1.807, 2.05) is 30.3 Å². The van der Waals surface area contributed by atoms with Crippen LogP contribution in [0.15, 0.2) is 42.7 Å². The number of carbonyl (C=O) groups is 1. The molecule has 2 aromatic rings. The maximum absolute atomic E-state index is 12.1. The first kappa shape index (κ1) is 13.9. The zero-order chi connectivity index (χ0) is 14.7. The van der Waals surface area contributed by atoms with Crippen molar-refractivity contribution in [1.29, 1.82) is 0 Å². The number of fused-ring (bicyclic) bond motifs is 1. The molecule has 5 heteroatoms. The molecule has 0 fully saturated rings. The first-order valence-corrected chi connectivity index (χ1v) is 7.29. The van der Waals surface area contributed by atoms with E-state index in [0.29, 0.717) is 18.1 Å². The number of benzene rings is 1. The van der Waals surface area contributed by atoms with Crippen molar-refractivity contribution >= 4 is 23.2 Å². The van der Waals surface area contributed by atoms with E-state index in [9.17, 15) is 4.79 Å². The predicted octanol–water partition coefficient (Wildman–Crippen LogP) is 2.41. The number of hydrogen-bond donors (Lipinski definition) is 1. The van der Waals surface area contributed by atoms with Gasteiger partial charge in [0.25, 0.3) is 0 Å². The van der Waals surface area contributed by atoms with E-state index in [-0.39, 0.29) is 5.91 Å². The van der Waals surface area contributed by atoms with Gasteiger partial charge in [-0.15, -0.1) is 0 Å². The second-order valence-corrected chi connectivity index (χ2v) is 5.52. The summed E-state index contributed by atoms with van der Waals surface area (Å²) in [5.41, 5.74) is 3.31. The molecule has 3 rings (SSSR count). The maximum atomic E-state index is 12.1. The van der Waals surface area contributed by atoms with Crippen molar-refractivity contribution in [2.75, 3.05) is 18.0 Å². The van der Waals surface area contributed by atoms with Crippen LogP contribution in [0.1, 0.15) is 11.1 Å². The van der Waals surface area contributed by atoms with Crippen molar-refractivity contribution < 1.29 is 4.79 Å². The summed E-state index contributed by atoms with van der Waals surface area (Å²) < 4.78 is 0. The van der Waals surface area contributed by atoms with Crippen LogP contribution < -0.4 is 10.2 Å². The number of pyridine rings is 1. The Morgan fingerprint density at radius 2 is 2.29 bits per heavy atom. The summed E-state index contributed by atoms with van der Waals surface area (Å²) in [5, 5.41) is 3.62. The molecule has 0 aliphatic carbocycles. The van der Waals surface area contributed by atoms with Crippen LogP contribution in [-0.4, -0.2) is 24.0 Å². The molecule has 0 saturated carbocycles. The van der Waals surface area contributed by atoms with Gasteiger partial charge >= 0.3 is 0 Å². The molecular weight excluding hydrogens is 286 g/mol. The molecule has 1 amide bonds. The fourth-order valence-corrected chi connectivity index (χ4v) is 2.68. The van der Waals surface area contributed by atoms with Crippen LogP contribution in [0, 0.1) is 0 Å². The van der Waals surface area contributed by atoms with Gasteiger partial charge in [0.1, 0.15) is 0 Å². The fourth-order valence-electron chi connectivity index (χ4n) is 2.52. The molecule has 0 unspecified atom stereocenters. The van der Waals surface area contributed by atoms with Crippen molar-refractivity contribution in [3.8, 4) is 0 Å². The lowest BCUT2D eigenvalue weighted by molar-refractivity contribution is -0.119. The number of amides is 1. The van der Waals surface area contributed by atoms with Crippen LogP contribution in [-0.2, 0) is 17.8 Å². The maximum Gasteiger partial charge on any atom is 0.239 e. The van der Waals surface area contributed by atoms with E-state index in [2.05, 4.69) is 15.2 Å². The highest BCUT2D eigenvalue weighted by molar-refractivity contribution is 6.30. The zero-order valence-electron chi connectivity index (χ0n) is 11.6. The molecule has 4 nitrogen and oxygen atoms in total. The lowest BCUT2D eigenvalue weighted by atomic mass is 10.2. The van der Waals surface area contributed by atoms with Crippen molar-refractivity contribution in [3.63, 3.8) is 0 Å². The van der Waals surface area contributed by atoms with Gasteiger partial charge in [-0.05, 0) is 35.7 Å². The summed E-state index contributed by atoms with van der Waals surface area (Å²) in [6.45, 7) is 1.71. The van der Waals surface area contributed by atoms with Crippen LogP contribution in [0.3, 0.4) is 0 Å². The molecule has 0 atom stereocenters. The Hall–Kier alpha value is -2.07. The van der Waals surface area contributed by atoms with E-state index in [1.54, 1.807) is 12.4 Å². The molecule has 1 aromatic carbocycles. The van der Waals surface area contributed by atoms with Crippen molar-refractivity contribution in [2.24, 2.45) is 0 Å². The van der Waals surface area contributed by atoms with Gasteiger partial charge in [0.2, 0.25) is 5.91 Å². The quantitative estimate of drug-likeness (QED) is 0.943. The smallest absolute Gasteiger partial charge is 0.239 e. The molecule has 0 bridgehead atoms. The highest BCUT2D eigenvalue weighted by atomic mass is 35.5. The highest BCUT2D eigenvalue weighted by Gasteiger charge is 2.21. The van der Waals surface area contributed by atoms with Gasteiger partial charge in [-0.3, -0.25) is 9.78 Å². The standard InChI is InChI=1S/C16H16ClN3O/c17-14-4-3-13-5-7-20(15(13)8-14)11-16(21)19-10-12-2-1-6-18-9-12/h1-4,6,8-9H,5,7,10-11H2,(H,19,21). The summed E-state index contributed by atoms with van der Waals surface area (Å²) in [7, 11) is 0. The van der Waals surface area contributed by atoms with Gasteiger partial charge in [-0.2, -0.15) is 0 Å². The molecule has 0 radical (unpaired) electrons. The fraction of sp³-hybridized carbons (Fsp3) is 0.250. The topological polar surface area (TPSA) is 45.2 Å². The molecule has 1 aliphatic heterocycles. The summed E-state index contributed by atoms with van der Waals surface area (Å²) in [4.78, 5) is 18.2. The number of nitrogens with zero attached hydrogens (tertiary/aromatic N) is 2. The van der Waals surface area contributed by atoms with Gasteiger partial charge in [-0.25, -0.2) is 0 Å². The second-order valence-electron chi connectivity index (χ2n) is 5.08. The minimum Gasteiger partial charge on any atom is -0.362 e. The Kier molecular flexibility index (Phi) is 4.06. The number of hydrogen-bond acceptors (Lipinski definition) is 3. The first-order valence-electron chi connectivity index (χ1n) is 6.91. The highest BCUT2D eigenvalue weighted by Crippen LogP contribution is 2.30. The summed E-state index contributed by atoms with van der Waals surface area (Å²) >= 11 is 6.03. The minimum absolute atomic E-state index is 0.00618. The van der Waals surface area contributed by atoms with Crippen molar-refractivity contribution in [1.82, 2.24) is 10.3 Å². The largest absolute Gasteiger partial charge is 0.362 e. The van der Waals surface area contributed by atoms with Crippen LogP contribution in [0.5, 0.6) is 0 Å². The third kappa shape index (κ3) is 3.34. The normalized spacial score (nSPS) is 13.1. The third-order valence-corrected chi connectivity index (χ3v) is 3.82. The lowest BCUT2D eigenvalue weighted by Crippen LogP contribution is -2.36. The molecule has 0 spiro atoms. The van der Waals surface area contributed by atoms with E-state index < -0.39 is 0 Å². The molecular formula is C16H16ClN3O. The molecule has 2 heterocycles. The Balaban J connectivity index is 1.58. The van der Waals surface area contributed by atoms with Gasteiger partial charge in [-0.1, -0.05) is 23.7 Å². The predicted molar refractivity (Wildman–Crippen MR) is 83.5 cm³/mol. The van der Waals surface area contributed by atoms with Gasteiger partial charge in [0.05, 0.1) is 6.54 Å². The molecule has 1 N–H and O–H groups in total. The van der Waals surface area contributed by atoms with Crippen LogP contribution in [0.2, 0.25) is 5.02 Å². The minimum atomic E-state index is 0.00618. The lowest BCUT2D eigenvalue weighted by Gasteiger charge is -2.19. The molecule has 1 aliphatic rings. The first-order chi connectivity index (χ1) is 10.2. The Morgan fingerprint density at radius 3 is 3.10 bits per heavy atom. The van der Waals surface area contributed by atoms with Crippen molar-refractivity contribution in [2.45, 2.75) is 13.0 Å². The monoisotopic (exact) mass is 301 g/mol. The average Bonchev–Trinajstić information content (AvgIpc) is 2.88. The van der Waals surface area contributed by atoms with Crippen LogP contribution in [0.25, 0.3) is 0 Å². The SMILES string of the molecule is O=C(CN1CCc2ccc(Cl)cc21)NCc1cccnc1. The van der Waals surface area contributed by atoms with Gasteiger partial charge in [0, 0.05) is 36.2 Å². The number of anilines is 1. The van der Waals surface area contributed by atoms with E-state index in [0.717, 1.165) is 24.2 Å². The molecule has 108 valence electrons. The average molecular weight is 302 g/mol. The van der Waals surface area contributed by atoms with Gasteiger partial charge < -0.3 is 10.2 Å². The number of halogens is 1. The Morgan fingerprint density at radius 1 is 1.38 bits per heavy atom. The zero-order valence-corrected chi connectivity index (χ0v) is 12.3.